The molecule has 11 atom stereocenters. The number of nitrogens with zero attached hydrogens (tertiary/aromatic N) is 6. The van der Waals surface area contributed by atoms with E-state index in [1.54, 1.807) is 59.9 Å². The van der Waals surface area contributed by atoms with Crippen LogP contribution in [0.3, 0.4) is 0 Å². The predicted octanol–water partition coefficient (Wildman–Crippen LogP) is 7.68. The van der Waals surface area contributed by atoms with Gasteiger partial charge in [0.2, 0.25) is 35.4 Å². The first-order valence-electron chi connectivity index (χ1n) is 31.8. The van der Waals surface area contributed by atoms with Gasteiger partial charge in [0.25, 0.3) is 5.91 Å². The highest BCUT2D eigenvalue weighted by atomic mass is 16.6. The van der Waals surface area contributed by atoms with E-state index in [4.69, 9.17) is 9.72 Å². The fourth-order valence-electron chi connectivity index (χ4n) is 12.9. The molecule has 0 saturated carbocycles. The van der Waals surface area contributed by atoms with Crippen molar-refractivity contribution in [1.29, 1.82) is 0 Å². The van der Waals surface area contributed by atoms with Crippen LogP contribution in [0, 0.1) is 35.5 Å². The molecule has 0 aliphatic carbocycles. The van der Waals surface area contributed by atoms with Gasteiger partial charge in [-0.25, -0.2) is 4.79 Å². The number of aromatic nitrogens is 1. The number of Topliss-reactive ketones (excluding diaryl/α,β-unsaturated/α-hetero) is 1. The Morgan fingerprint density at radius 2 is 1.25 bits per heavy atom. The largest absolute Gasteiger partial charge is 0.450 e. The van der Waals surface area contributed by atoms with E-state index in [9.17, 15) is 19.5 Å². The zero-order valence-corrected chi connectivity index (χ0v) is 55.3. The number of amides is 7. The zero-order chi connectivity index (χ0) is 65.9. The topological polar surface area (TPSA) is 236 Å². The number of esters is 1. The van der Waals surface area contributed by atoms with Crippen molar-refractivity contribution in [2.24, 2.45) is 35.5 Å². The van der Waals surface area contributed by atoms with Gasteiger partial charge in [-0.05, 0) is 92.0 Å². The van der Waals surface area contributed by atoms with Gasteiger partial charge >= 0.3 is 5.97 Å². The number of hydrogen-bond donors (Lipinski definition) is 3. The lowest BCUT2D eigenvalue weighted by Gasteiger charge is -2.39. The minimum atomic E-state index is -1.96. The number of hydrogen-bond acceptors (Lipinski definition) is 12. The van der Waals surface area contributed by atoms with Crippen molar-refractivity contribution in [3.8, 4) is 11.1 Å². The molecule has 2 aliphatic rings. The molecule has 1 aromatic heterocycles. The third kappa shape index (κ3) is 17.0. The molecule has 19 heteroatoms. The molecule has 0 bridgehead atoms. The number of pyridine rings is 1. The molecule has 2 fully saturated rings. The molecule has 89 heavy (non-hydrogen) atoms. The number of rotatable bonds is 14. The number of ether oxygens (including phenoxy) is 1. The summed E-state index contributed by atoms with van der Waals surface area (Å²) in [5.74, 6) is -9.28. The summed E-state index contributed by atoms with van der Waals surface area (Å²) in [4.78, 5) is 148. The molecule has 0 unspecified atom stereocenters. The van der Waals surface area contributed by atoms with Crippen molar-refractivity contribution < 1.29 is 53.0 Å². The molecule has 484 valence electrons. The van der Waals surface area contributed by atoms with Crippen LogP contribution >= 0.6 is 0 Å². The van der Waals surface area contributed by atoms with Crippen LogP contribution in [0.5, 0.6) is 0 Å². The fraction of sp³-hybridized carbons (Fsp3) is 0.571. The maximum atomic E-state index is 15.8. The summed E-state index contributed by atoms with van der Waals surface area (Å²) < 4.78 is 6.16. The van der Waals surface area contributed by atoms with Crippen LogP contribution in [0.25, 0.3) is 22.0 Å². The van der Waals surface area contributed by atoms with Crippen LogP contribution < -0.4 is 10.6 Å². The summed E-state index contributed by atoms with van der Waals surface area (Å²) in [6, 6.07) is 17.6. The standard InChI is InChI=1S/C70H98N8O11/c1-17-44(9)57-67(85)75(14)58(42(5)6)56(79)39-50(34-41(3)4)64(82)77(16)61(70(11,12)88)69(87)89-60(45(10)18-2)68(86)76(15)59(43(7)8)63(81)72-53(36-46-26-20-19-21-27-46)65(83)74(13)55(66(84)78-33-25-32-54(78)62(80)73-57)37-47-28-24-30-48(35-47)51-38-49-29-22-23-31-52(49)71-40-51/h19-24,26-31,35,38,40-45,50,53-55,57-61,88H,17-18,25,32-34,36-37,39H2,1-16H3,(H,72,81)(H,73,80)/t44-,45-,50+,53-,54-,55-,57-,58-,59-,60+,61+/m0/s1. The second-order valence-corrected chi connectivity index (χ2v) is 26.6. The molecule has 3 N–H and O–H groups in total. The lowest BCUT2D eigenvalue weighted by Crippen LogP contribution is -2.61. The summed E-state index contributed by atoms with van der Waals surface area (Å²) >= 11 is 0. The van der Waals surface area contributed by atoms with Gasteiger partial charge in [0.15, 0.2) is 17.9 Å². The first-order chi connectivity index (χ1) is 41.9. The predicted molar refractivity (Wildman–Crippen MR) is 343 cm³/mol. The molecule has 2 saturated heterocycles. The molecule has 6 rings (SSSR count). The van der Waals surface area contributed by atoms with Crippen molar-refractivity contribution in [2.75, 3.05) is 34.7 Å². The molecule has 3 heterocycles. The monoisotopic (exact) mass is 1230 g/mol. The van der Waals surface area contributed by atoms with Crippen LogP contribution in [0.1, 0.15) is 133 Å². The zero-order valence-electron chi connectivity index (χ0n) is 55.3. The van der Waals surface area contributed by atoms with Crippen LogP contribution in [0.4, 0.5) is 0 Å². The molecule has 0 spiro atoms. The number of nitrogens with one attached hydrogen (secondary N) is 2. The SMILES string of the molecule is CC[C@H](C)[C@@H]1NC(=O)[C@@H]2CCCN2C(=O)[C@H](Cc2cccc(-c3cnc4ccccc4c3)c2)N(C)C(=O)[C@H](Cc2ccccc2)NC(=O)[C@H](C(C)C)N(C)C(=O)[C@@H]([C@@H](C)CC)OC(=O)[C@H](C(C)(C)O)N(C)C(=O)[C@H](CC(C)C)CC(=O)[C@H](C(C)C)N(C)C1=O. The Labute approximate surface area is 527 Å². The van der Waals surface area contributed by atoms with Gasteiger partial charge in [-0.2, -0.15) is 0 Å². The lowest BCUT2D eigenvalue weighted by atomic mass is 9.85. The molecule has 19 nitrogen and oxygen atoms in total. The van der Waals surface area contributed by atoms with E-state index in [-0.39, 0.29) is 44.6 Å². The van der Waals surface area contributed by atoms with E-state index in [1.807, 2.05) is 100 Å². The Kier molecular flexibility index (Phi) is 24.4. The van der Waals surface area contributed by atoms with Gasteiger partial charge < -0.3 is 45.0 Å². The Hall–Kier alpha value is -7.54. The number of fused-ring (bicyclic) bond motifs is 2. The minimum Gasteiger partial charge on any atom is -0.450 e. The first-order valence-corrected chi connectivity index (χ1v) is 31.8. The van der Waals surface area contributed by atoms with Crippen LogP contribution in [0.2, 0.25) is 0 Å². The Morgan fingerprint density at radius 3 is 1.87 bits per heavy atom. The molecular weight excluding hydrogens is 1130 g/mol. The summed E-state index contributed by atoms with van der Waals surface area (Å²) in [6.45, 7) is 20.9. The van der Waals surface area contributed by atoms with E-state index >= 15 is 28.8 Å². The van der Waals surface area contributed by atoms with Gasteiger partial charge in [-0.3, -0.25) is 43.3 Å². The fourth-order valence-corrected chi connectivity index (χ4v) is 12.9. The number of para-hydroxylation sites is 1. The second-order valence-electron chi connectivity index (χ2n) is 26.6. The number of benzene rings is 3. The highest BCUT2D eigenvalue weighted by Gasteiger charge is 2.48. The van der Waals surface area contributed by atoms with Crippen molar-refractivity contribution in [3.63, 3.8) is 0 Å². The Balaban J connectivity index is 1.52. The van der Waals surface area contributed by atoms with Gasteiger partial charge in [0.05, 0.1) is 17.2 Å². The van der Waals surface area contributed by atoms with Crippen molar-refractivity contribution in [2.45, 2.75) is 188 Å². The molecule has 7 amide bonds. The van der Waals surface area contributed by atoms with Crippen LogP contribution in [-0.2, 0) is 60.7 Å². The van der Waals surface area contributed by atoms with Crippen molar-refractivity contribution in [3.05, 3.63) is 102 Å². The molecule has 3 aromatic carbocycles. The summed E-state index contributed by atoms with van der Waals surface area (Å²) in [5, 5.41) is 18.7. The van der Waals surface area contributed by atoms with Gasteiger partial charge in [-0.1, -0.05) is 148 Å². The summed E-state index contributed by atoms with van der Waals surface area (Å²) in [7, 11) is 5.78. The van der Waals surface area contributed by atoms with E-state index in [2.05, 4.69) is 10.6 Å². The Morgan fingerprint density at radius 1 is 0.629 bits per heavy atom. The summed E-state index contributed by atoms with van der Waals surface area (Å²) in [5.41, 5.74) is 1.87. The van der Waals surface area contributed by atoms with E-state index in [0.29, 0.717) is 30.4 Å². The lowest BCUT2D eigenvalue weighted by molar-refractivity contribution is -0.178. The van der Waals surface area contributed by atoms with Crippen molar-refractivity contribution >= 4 is 64.0 Å². The smallest absolute Gasteiger partial charge is 0.332 e. The molecule has 4 aromatic rings. The number of carbonyl (C=O) groups excluding carboxylic acids is 9. The summed E-state index contributed by atoms with van der Waals surface area (Å²) in [6.07, 6.45) is 1.50. The third-order valence-corrected chi connectivity index (χ3v) is 18.1. The Bertz CT molecular complexity index is 3160. The number of carbonyl (C=O) groups is 9. The normalized spacial score (nSPS) is 25.0. The van der Waals surface area contributed by atoms with E-state index < -0.39 is 137 Å². The maximum absolute atomic E-state index is 15.8. The van der Waals surface area contributed by atoms with Crippen molar-refractivity contribution in [1.82, 2.24) is 40.1 Å². The third-order valence-electron chi connectivity index (χ3n) is 18.1. The highest BCUT2D eigenvalue weighted by Crippen LogP contribution is 2.31. The number of likely N-dealkylation sites (N-methyl/N-ethyl adjacent to an activating group) is 4. The highest BCUT2D eigenvalue weighted by molar-refractivity contribution is 5.99. The molecule has 2 aliphatic heterocycles. The number of ketones is 1. The average molecular weight is 1230 g/mol. The molecular formula is C70H98N8O11. The van der Waals surface area contributed by atoms with E-state index in [1.165, 1.54) is 61.6 Å². The first kappa shape index (κ1) is 70.5. The average Bonchev–Trinajstić information content (AvgIpc) is 2.39. The molecule has 0 radical (unpaired) electrons. The number of cyclic esters (lactones) is 1. The van der Waals surface area contributed by atoms with Gasteiger partial charge in [0.1, 0.15) is 30.2 Å². The van der Waals surface area contributed by atoms with E-state index in [0.717, 1.165) is 26.9 Å². The van der Waals surface area contributed by atoms with Gasteiger partial charge in [0, 0.05) is 83.0 Å². The quantitative estimate of drug-likeness (QED) is 0.103. The maximum Gasteiger partial charge on any atom is 0.332 e. The van der Waals surface area contributed by atoms with Crippen LogP contribution in [0.15, 0.2) is 91.1 Å². The minimum absolute atomic E-state index is 0.0223. The number of aliphatic hydroxyl groups is 1. The van der Waals surface area contributed by atoms with Gasteiger partial charge in [-0.15, -0.1) is 0 Å². The van der Waals surface area contributed by atoms with Crippen LogP contribution in [-0.4, -0.2) is 176 Å². The second kappa shape index (κ2) is 30.8.